The molecule has 21 heavy (non-hydrogen) atoms. The van der Waals surface area contributed by atoms with Crippen LogP contribution in [0.1, 0.15) is 36.6 Å². The third-order valence-corrected chi connectivity index (χ3v) is 4.39. The van der Waals surface area contributed by atoms with Crippen LogP contribution in [-0.4, -0.2) is 12.6 Å². The molecule has 0 aliphatic carbocycles. The summed E-state index contributed by atoms with van der Waals surface area (Å²) in [4.78, 5) is 0. The zero-order valence-corrected chi connectivity index (χ0v) is 14.0. The molecule has 110 valence electrons. The summed E-state index contributed by atoms with van der Waals surface area (Å²) in [6.45, 7) is 5.20. The van der Waals surface area contributed by atoms with E-state index in [2.05, 4.69) is 77.6 Å². The summed E-state index contributed by atoms with van der Waals surface area (Å²) >= 11 is 3.50. The average Bonchev–Trinajstić information content (AvgIpc) is 2.85. The van der Waals surface area contributed by atoms with Gasteiger partial charge >= 0.3 is 0 Å². The number of hydrogen-bond acceptors (Lipinski definition) is 2. The molecule has 0 aromatic heterocycles. The van der Waals surface area contributed by atoms with Gasteiger partial charge in [0, 0.05) is 10.9 Å². The van der Waals surface area contributed by atoms with Crippen molar-refractivity contribution in [3.05, 3.63) is 63.6 Å². The molecule has 3 heteroatoms. The van der Waals surface area contributed by atoms with Crippen molar-refractivity contribution in [1.29, 1.82) is 0 Å². The zero-order valence-electron chi connectivity index (χ0n) is 12.4. The van der Waals surface area contributed by atoms with E-state index in [1.54, 1.807) is 0 Å². The predicted molar refractivity (Wildman–Crippen MR) is 89.9 cm³/mol. The molecule has 2 aromatic rings. The summed E-state index contributed by atoms with van der Waals surface area (Å²) in [6, 6.07) is 15.3. The van der Waals surface area contributed by atoms with Crippen molar-refractivity contribution < 1.29 is 4.74 Å². The van der Waals surface area contributed by atoms with Gasteiger partial charge < -0.3 is 10.1 Å². The van der Waals surface area contributed by atoms with E-state index in [0.29, 0.717) is 6.10 Å². The normalized spacial score (nSPS) is 18.1. The number of ether oxygens (including phenoxy) is 1. The Morgan fingerprint density at radius 1 is 1.19 bits per heavy atom. The van der Waals surface area contributed by atoms with Crippen molar-refractivity contribution in [2.75, 3.05) is 6.54 Å². The second-order valence-corrected chi connectivity index (χ2v) is 6.46. The van der Waals surface area contributed by atoms with Gasteiger partial charge in [0.15, 0.2) is 0 Å². The van der Waals surface area contributed by atoms with Crippen LogP contribution in [0.2, 0.25) is 0 Å². The monoisotopic (exact) mass is 345 g/mol. The molecule has 0 bridgehead atoms. The van der Waals surface area contributed by atoms with Crippen molar-refractivity contribution >= 4 is 15.9 Å². The van der Waals surface area contributed by atoms with E-state index in [1.807, 2.05) is 0 Å². The molecule has 2 nitrogen and oxygen atoms in total. The molecule has 2 atom stereocenters. The maximum atomic E-state index is 5.80. The largest absolute Gasteiger partial charge is 0.490 e. The van der Waals surface area contributed by atoms with Crippen LogP contribution in [0.5, 0.6) is 5.75 Å². The summed E-state index contributed by atoms with van der Waals surface area (Å²) in [5, 5.41) is 3.58. The Morgan fingerprint density at radius 3 is 2.62 bits per heavy atom. The molecule has 2 unspecified atom stereocenters. The molecule has 3 rings (SSSR count). The van der Waals surface area contributed by atoms with Gasteiger partial charge in [-0.1, -0.05) is 47.1 Å². The molecule has 1 heterocycles. The first-order valence-electron chi connectivity index (χ1n) is 7.45. The molecule has 1 N–H and O–H groups in total. The molecule has 0 fully saturated rings. The fraction of sp³-hybridized carbons (Fsp3) is 0.333. The molecule has 0 radical (unpaired) electrons. The Hall–Kier alpha value is -1.32. The number of nitrogens with one attached hydrogen (secondary N) is 1. The Balaban J connectivity index is 1.94. The molecule has 2 aromatic carbocycles. The lowest BCUT2D eigenvalue weighted by atomic mass is 9.96. The molecule has 1 aliphatic heterocycles. The third kappa shape index (κ3) is 3.14. The molecular weight excluding hydrogens is 326 g/mol. The van der Waals surface area contributed by atoms with Crippen LogP contribution in [0.4, 0.5) is 0 Å². The van der Waals surface area contributed by atoms with Gasteiger partial charge in [-0.15, -0.1) is 0 Å². The Bertz CT molecular complexity index is 624. The molecular formula is C18H20BrNO. The predicted octanol–water partition coefficient (Wildman–Crippen LogP) is 4.47. The van der Waals surface area contributed by atoms with Gasteiger partial charge in [0.2, 0.25) is 0 Å². The molecule has 0 saturated heterocycles. The van der Waals surface area contributed by atoms with Crippen molar-refractivity contribution in [3.8, 4) is 5.75 Å². The molecule has 0 spiro atoms. The minimum atomic E-state index is 0.226. The summed E-state index contributed by atoms with van der Waals surface area (Å²) in [6.07, 6.45) is 1.29. The lowest BCUT2D eigenvalue weighted by Gasteiger charge is -2.19. The first-order valence-corrected chi connectivity index (χ1v) is 8.25. The highest BCUT2D eigenvalue weighted by molar-refractivity contribution is 9.10. The second-order valence-electron chi connectivity index (χ2n) is 5.54. The third-order valence-electron chi connectivity index (χ3n) is 3.86. The first kappa shape index (κ1) is 14.6. The van der Waals surface area contributed by atoms with E-state index in [-0.39, 0.29) is 6.04 Å². The van der Waals surface area contributed by atoms with E-state index in [0.717, 1.165) is 23.2 Å². The fourth-order valence-electron chi connectivity index (χ4n) is 2.91. The summed E-state index contributed by atoms with van der Waals surface area (Å²) in [5.74, 6) is 1.04. The lowest BCUT2D eigenvalue weighted by Crippen LogP contribution is -2.22. The standard InChI is InChI=1S/C18H20BrNO/c1-3-20-18(13-4-7-16(19)8-5-13)14-6-9-17-15(11-14)10-12(2)21-17/h4-9,11-12,18,20H,3,10H2,1-2H3. The highest BCUT2D eigenvalue weighted by atomic mass is 79.9. The number of halogens is 1. The van der Waals surface area contributed by atoms with Gasteiger partial charge in [0.25, 0.3) is 0 Å². The van der Waals surface area contributed by atoms with Crippen molar-refractivity contribution in [3.63, 3.8) is 0 Å². The maximum Gasteiger partial charge on any atom is 0.123 e. The van der Waals surface area contributed by atoms with E-state index >= 15 is 0 Å². The van der Waals surface area contributed by atoms with Crippen LogP contribution in [-0.2, 0) is 6.42 Å². The minimum absolute atomic E-state index is 0.226. The first-order chi connectivity index (χ1) is 10.2. The van der Waals surface area contributed by atoms with Crippen molar-refractivity contribution in [1.82, 2.24) is 5.32 Å². The SMILES string of the molecule is CCNC(c1ccc(Br)cc1)c1ccc2c(c1)CC(C)O2. The summed E-state index contributed by atoms with van der Waals surface area (Å²) < 4.78 is 6.91. The average molecular weight is 346 g/mol. The maximum absolute atomic E-state index is 5.80. The Kier molecular flexibility index (Phi) is 4.32. The van der Waals surface area contributed by atoms with E-state index < -0.39 is 0 Å². The van der Waals surface area contributed by atoms with Crippen LogP contribution >= 0.6 is 15.9 Å². The Morgan fingerprint density at radius 2 is 1.90 bits per heavy atom. The van der Waals surface area contributed by atoms with Crippen LogP contribution in [0.25, 0.3) is 0 Å². The van der Waals surface area contributed by atoms with E-state index in [4.69, 9.17) is 4.74 Å². The Labute approximate surface area is 134 Å². The highest BCUT2D eigenvalue weighted by Gasteiger charge is 2.21. The number of rotatable bonds is 4. The molecule has 0 amide bonds. The minimum Gasteiger partial charge on any atom is -0.490 e. The second kappa shape index (κ2) is 6.20. The fourth-order valence-corrected chi connectivity index (χ4v) is 3.17. The van der Waals surface area contributed by atoms with Crippen molar-refractivity contribution in [2.45, 2.75) is 32.4 Å². The van der Waals surface area contributed by atoms with Gasteiger partial charge in [-0.2, -0.15) is 0 Å². The summed E-state index contributed by atoms with van der Waals surface area (Å²) in [7, 11) is 0. The van der Waals surface area contributed by atoms with Crippen LogP contribution in [0.3, 0.4) is 0 Å². The summed E-state index contributed by atoms with van der Waals surface area (Å²) in [5.41, 5.74) is 3.91. The van der Waals surface area contributed by atoms with Gasteiger partial charge in [0.1, 0.15) is 11.9 Å². The van der Waals surface area contributed by atoms with Gasteiger partial charge in [-0.25, -0.2) is 0 Å². The van der Waals surface area contributed by atoms with Gasteiger partial charge in [-0.3, -0.25) is 0 Å². The topological polar surface area (TPSA) is 21.3 Å². The zero-order chi connectivity index (χ0) is 14.8. The van der Waals surface area contributed by atoms with Gasteiger partial charge in [-0.05, 0) is 48.4 Å². The van der Waals surface area contributed by atoms with E-state index in [9.17, 15) is 0 Å². The highest BCUT2D eigenvalue weighted by Crippen LogP contribution is 2.33. The van der Waals surface area contributed by atoms with Crippen LogP contribution in [0.15, 0.2) is 46.9 Å². The van der Waals surface area contributed by atoms with Crippen LogP contribution < -0.4 is 10.1 Å². The van der Waals surface area contributed by atoms with Gasteiger partial charge in [0.05, 0.1) is 6.04 Å². The molecule has 1 aliphatic rings. The number of fused-ring (bicyclic) bond motifs is 1. The quantitative estimate of drug-likeness (QED) is 0.882. The smallest absolute Gasteiger partial charge is 0.123 e. The van der Waals surface area contributed by atoms with Crippen LogP contribution in [0, 0.1) is 0 Å². The number of hydrogen-bond donors (Lipinski definition) is 1. The molecule has 0 saturated carbocycles. The number of benzene rings is 2. The van der Waals surface area contributed by atoms with E-state index in [1.165, 1.54) is 16.7 Å². The lowest BCUT2D eigenvalue weighted by molar-refractivity contribution is 0.254. The van der Waals surface area contributed by atoms with Crippen molar-refractivity contribution in [2.24, 2.45) is 0 Å².